The third-order valence-electron chi connectivity index (χ3n) is 2.84. The molecule has 0 saturated carbocycles. The molecule has 1 aromatic rings. The van der Waals surface area contributed by atoms with Crippen LogP contribution in [0.1, 0.15) is 27.2 Å². The highest BCUT2D eigenvalue weighted by Crippen LogP contribution is 2.22. The molecule has 0 aliphatic heterocycles. The van der Waals surface area contributed by atoms with Crippen molar-refractivity contribution in [3.8, 4) is 5.75 Å². The molecule has 1 N–H and O–H groups in total. The van der Waals surface area contributed by atoms with Crippen LogP contribution in [0.2, 0.25) is 0 Å². The molecule has 0 fully saturated rings. The van der Waals surface area contributed by atoms with Gasteiger partial charge in [0.15, 0.2) is 0 Å². The number of benzene rings is 1. The molecule has 0 radical (unpaired) electrons. The lowest BCUT2D eigenvalue weighted by atomic mass is 10.2. The van der Waals surface area contributed by atoms with Gasteiger partial charge in [0.1, 0.15) is 11.8 Å². The van der Waals surface area contributed by atoms with Crippen molar-refractivity contribution >= 4 is 17.7 Å². The van der Waals surface area contributed by atoms with Gasteiger partial charge in [-0.05, 0) is 37.6 Å². The van der Waals surface area contributed by atoms with Gasteiger partial charge in [0.25, 0.3) is 0 Å². The Morgan fingerprint density at radius 3 is 2.48 bits per heavy atom. The van der Waals surface area contributed by atoms with Gasteiger partial charge in [0, 0.05) is 16.7 Å². The maximum absolute atomic E-state index is 11.9. The molecule has 0 aromatic heterocycles. The van der Waals surface area contributed by atoms with Crippen molar-refractivity contribution in [3.05, 3.63) is 24.3 Å². The second-order valence-corrected chi connectivity index (χ2v) is 6.11. The Kier molecular flexibility index (Phi) is 8.23. The first-order valence-electron chi connectivity index (χ1n) is 7.26. The monoisotopic (exact) mass is 311 g/mol. The predicted octanol–water partition coefficient (Wildman–Crippen LogP) is 3.11. The van der Waals surface area contributed by atoms with Crippen LogP contribution >= 0.6 is 11.8 Å². The molecule has 1 rings (SSSR count). The fraction of sp³-hybridized carbons (Fsp3) is 0.562. The van der Waals surface area contributed by atoms with E-state index >= 15 is 0 Å². The minimum atomic E-state index is -0.240. The fourth-order valence-electron chi connectivity index (χ4n) is 1.88. The lowest BCUT2D eigenvalue weighted by Gasteiger charge is -2.19. The van der Waals surface area contributed by atoms with Crippen LogP contribution in [0.5, 0.6) is 5.75 Å². The molecule has 0 aliphatic carbocycles. The van der Waals surface area contributed by atoms with Gasteiger partial charge in [-0.15, -0.1) is 11.8 Å². The van der Waals surface area contributed by atoms with E-state index in [1.165, 1.54) is 4.90 Å². The zero-order valence-electron chi connectivity index (χ0n) is 13.2. The van der Waals surface area contributed by atoms with Crippen molar-refractivity contribution in [1.29, 1.82) is 0 Å². The SMILES string of the molecule is CCOC(=O)C(CCSc1ccc(OC)cc1)NC(C)C. The zero-order valence-corrected chi connectivity index (χ0v) is 14.0. The average molecular weight is 311 g/mol. The third kappa shape index (κ3) is 6.87. The number of carbonyl (C=O) groups is 1. The lowest BCUT2D eigenvalue weighted by Crippen LogP contribution is -2.42. The van der Waals surface area contributed by atoms with Gasteiger partial charge in [0.05, 0.1) is 13.7 Å². The Morgan fingerprint density at radius 2 is 1.95 bits per heavy atom. The van der Waals surface area contributed by atoms with Crippen molar-refractivity contribution in [2.75, 3.05) is 19.5 Å². The van der Waals surface area contributed by atoms with Crippen LogP contribution in [0.15, 0.2) is 29.2 Å². The van der Waals surface area contributed by atoms with Crippen molar-refractivity contribution in [2.24, 2.45) is 0 Å². The number of ether oxygens (including phenoxy) is 2. The number of hydrogen-bond acceptors (Lipinski definition) is 5. The minimum absolute atomic E-state index is 0.165. The van der Waals surface area contributed by atoms with E-state index in [1.54, 1.807) is 18.9 Å². The van der Waals surface area contributed by atoms with Crippen molar-refractivity contribution in [3.63, 3.8) is 0 Å². The van der Waals surface area contributed by atoms with Crippen molar-refractivity contribution in [1.82, 2.24) is 5.32 Å². The van der Waals surface area contributed by atoms with Gasteiger partial charge >= 0.3 is 5.97 Å². The Labute approximate surface area is 131 Å². The third-order valence-corrected chi connectivity index (χ3v) is 3.89. The summed E-state index contributed by atoms with van der Waals surface area (Å²) < 4.78 is 10.2. The van der Waals surface area contributed by atoms with Crippen LogP contribution in [0.25, 0.3) is 0 Å². The molecule has 118 valence electrons. The van der Waals surface area contributed by atoms with E-state index in [4.69, 9.17) is 9.47 Å². The Morgan fingerprint density at radius 1 is 1.29 bits per heavy atom. The van der Waals surface area contributed by atoms with Crippen molar-refractivity contribution < 1.29 is 14.3 Å². The van der Waals surface area contributed by atoms with E-state index in [9.17, 15) is 4.79 Å². The number of thioether (sulfide) groups is 1. The Hall–Kier alpha value is -1.20. The molecular weight excluding hydrogens is 286 g/mol. The summed E-state index contributed by atoms with van der Waals surface area (Å²) in [6.45, 7) is 6.31. The Bertz CT molecular complexity index is 420. The first-order valence-corrected chi connectivity index (χ1v) is 8.25. The second-order valence-electron chi connectivity index (χ2n) is 4.94. The second kappa shape index (κ2) is 9.68. The maximum atomic E-state index is 11.9. The van der Waals surface area contributed by atoms with E-state index < -0.39 is 0 Å². The van der Waals surface area contributed by atoms with Gasteiger partial charge in [-0.2, -0.15) is 0 Å². The summed E-state index contributed by atoms with van der Waals surface area (Å²) in [7, 11) is 1.66. The summed E-state index contributed by atoms with van der Waals surface area (Å²) in [4.78, 5) is 13.1. The van der Waals surface area contributed by atoms with Gasteiger partial charge in [-0.25, -0.2) is 0 Å². The molecule has 0 aliphatic rings. The number of esters is 1. The van der Waals surface area contributed by atoms with E-state index in [1.807, 2.05) is 45.0 Å². The maximum Gasteiger partial charge on any atom is 0.323 e. The summed E-state index contributed by atoms with van der Waals surface area (Å²) in [5.41, 5.74) is 0. The van der Waals surface area contributed by atoms with Crippen LogP contribution in [0.4, 0.5) is 0 Å². The predicted molar refractivity (Wildman–Crippen MR) is 87.0 cm³/mol. The van der Waals surface area contributed by atoms with E-state index in [-0.39, 0.29) is 18.1 Å². The van der Waals surface area contributed by atoms with E-state index in [2.05, 4.69) is 5.32 Å². The van der Waals surface area contributed by atoms with Crippen LogP contribution < -0.4 is 10.1 Å². The van der Waals surface area contributed by atoms with Crippen LogP contribution in [0, 0.1) is 0 Å². The summed E-state index contributed by atoms with van der Waals surface area (Å²) in [5.74, 6) is 1.54. The number of carbonyl (C=O) groups excluding carboxylic acids is 1. The summed E-state index contributed by atoms with van der Waals surface area (Å²) >= 11 is 1.73. The highest BCUT2D eigenvalue weighted by atomic mass is 32.2. The first-order chi connectivity index (χ1) is 10.1. The molecule has 21 heavy (non-hydrogen) atoms. The molecule has 0 spiro atoms. The molecule has 1 aromatic carbocycles. The average Bonchev–Trinajstić information content (AvgIpc) is 2.46. The minimum Gasteiger partial charge on any atom is -0.497 e. The van der Waals surface area contributed by atoms with Crippen LogP contribution in [-0.2, 0) is 9.53 Å². The normalized spacial score (nSPS) is 12.2. The summed E-state index contributed by atoms with van der Waals surface area (Å²) in [5, 5.41) is 3.26. The quantitative estimate of drug-likeness (QED) is 0.561. The van der Waals surface area contributed by atoms with Gasteiger partial charge in [0.2, 0.25) is 0 Å². The highest BCUT2D eigenvalue weighted by Gasteiger charge is 2.19. The van der Waals surface area contributed by atoms with E-state index in [0.717, 1.165) is 17.9 Å². The summed E-state index contributed by atoms with van der Waals surface area (Å²) in [6, 6.07) is 7.95. The molecular formula is C16H25NO3S. The number of hydrogen-bond donors (Lipinski definition) is 1. The molecule has 4 nitrogen and oxygen atoms in total. The molecule has 0 amide bonds. The molecule has 1 atom stereocenters. The first kappa shape index (κ1) is 17.9. The summed E-state index contributed by atoms with van der Waals surface area (Å²) in [6.07, 6.45) is 0.744. The van der Waals surface area contributed by atoms with Crippen LogP contribution in [-0.4, -0.2) is 37.5 Å². The highest BCUT2D eigenvalue weighted by molar-refractivity contribution is 7.99. The topological polar surface area (TPSA) is 47.6 Å². The molecule has 0 bridgehead atoms. The van der Waals surface area contributed by atoms with Gasteiger partial charge < -0.3 is 14.8 Å². The largest absolute Gasteiger partial charge is 0.497 e. The molecule has 0 saturated heterocycles. The van der Waals surface area contributed by atoms with Gasteiger partial charge in [-0.1, -0.05) is 13.8 Å². The van der Waals surface area contributed by atoms with Crippen LogP contribution in [0.3, 0.4) is 0 Å². The number of methoxy groups -OCH3 is 1. The van der Waals surface area contributed by atoms with Crippen molar-refractivity contribution in [2.45, 2.75) is 44.2 Å². The number of rotatable bonds is 9. The molecule has 5 heteroatoms. The van der Waals surface area contributed by atoms with E-state index in [0.29, 0.717) is 6.61 Å². The number of nitrogens with one attached hydrogen (secondary N) is 1. The Balaban J connectivity index is 2.46. The molecule has 1 unspecified atom stereocenters. The smallest absolute Gasteiger partial charge is 0.323 e. The lowest BCUT2D eigenvalue weighted by molar-refractivity contribution is -0.145. The fourth-order valence-corrected chi connectivity index (χ4v) is 2.80. The standard InChI is InChI=1S/C16H25NO3S/c1-5-20-16(18)15(17-12(2)3)10-11-21-14-8-6-13(19-4)7-9-14/h6-9,12,15,17H,5,10-11H2,1-4H3. The molecule has 0 heterocycles. The zero-order chi connectivity index (χ0) is 15.7. The van der Waals surface area contributed by atoms with Gasteiger partial charge in [-0.3, -0.25) is 4.79 Å².